The Hall–Kier alpha value is -1.87. The van der Waals surface area contributed by atoms with Crippen LogP contribution >= 0.6 is 0 Å². The minimum absolute atomic E-state index is 0.505. The van der Waals surface area contributed by atoms with Crippen LogP contribution in [0.25, 0.3) is 0 Å². The molecule has 0 amide bonds. The van der Waals surface area contributed by atoms with Gasteiger partial charge in [0.15, 0.2) is 0 Å². The number of aromatic nitrogens is 1. The molecular formula is C18H23N3. The fourth-order valence-electron chi connectivity index (χ4n) is 3.28. The second-order valence-electron chi connectivity index (χ2n) is 5.60. The van der Waals surface area contributed by atoms with Crippen molar-refractivity contribution in [3.8, 4) is 0 Å². The molecule has 1 aliphatic rings. The average molecular weight is 281 g/mol. The van der Waals surface area contributed by atoms with Crippen LogP contribution in [0.5, 0.6) is 0 Å². The van der Waals surface area contributed by atoms with Gasteiger partial charge in [0.1, 0.15) is 5.82 Å². The number of likely N-dealkylation sites (tertiary alicyclic amines) is 1. The van der Waals surface area contributed by atoms with Gasteiger partial charge in [-0.1, -0.05) is 31.2 Å². The van der Waals surface area contributed by atoms with Crippen molar-refractivity contribution >= 4 is 11.5 Å². The van der Waals surface area contributed by atoms with Gasteiger partial charge in [-0.2, -0.15) is 0 Å². The Balaban J connectivity index is 1.96. The van der Waals surface area contributed by atoms with Crippen LogP contribution in [0.15, 0.2) is 48.7 Å². The van der Waals surface area contributed by atoms with E-state index in [1.165, 1.54) is 30.6 Å². The zero-order valence-corrected chi connectivity index (χ0v) is 12.9. The molecule has 1 atom stereocenters. The fourth-order valence-corrected chi connectivity index (χ4v) is 3.28. The van der Waals surface area contributed by atoms with Crippen LogP contribution in [0.4, 0.5) is 11.5 Å². The molecule has 0 N–H and O–H groups in total. The van der Waals surface area contributed by atoms with Gasteiger partial charge >= 0.3 is 0 Å². The van der Waals surface area contributed by atoms with E-state index >= 15 is 0 Å². The molecule has 1 aromatic heterocycles. The topological polar surface area (TPSA) is 19.4 Å². The molecular weight excluding hydrogens is 258 g/mol. The third-order valence-electron chi connectivity index (χ3n) is 4.41. The highest BCUT2D eigenvalue weighted by Crippen LogP contribution is 2.37. The van der Waals surface area contributed by atoms with Crippen LogP contribution in [0.2, 0.25) is 0 Å². The van der Waals surface area contributed by atoms with E-state index in [0.717, 1.165) is 12.4 Å². The summed E-state index contributed by atoms with van der Waals surface area (Å²) < 4.78 is 0. The predicted molar refractivity (Wildman–Crippen MR) is 88.0 cm³/mol. The van der Waals surface area contributed by atoms with Gasteiger partial charge in [-0.25, -0.2) is 4.98 Å². The highest BCUT2D eigenvalue weighted by Gasteiger charge is 2.27. The minimum Gasteiger partial charge on any atom is -0.329 e. The molecule has 0 unspecified atom stereocenters. The van der Waals surface area contributed by atoms with Crippen molar-refractivity contribution in [2.45, 2.75) is 25.8 Å². The molecule has 0 aliphatic carbocycles. The van der Waals surface area contributed by atoms with E-state index in [-0.39, 0.29) is 0 Å². The van der Waals surface area contributed by atoms with Crippen molar-refractivity contribution in [3.63, 3.8) is 0 Å². The molecule has 1 aliphatic heterocycles. The van der Waals surface area contributed by atoms with Crippen molar-refractivity contribution < 1.29 is 0 Å². The number of hydrogen-bond acceptors (Lipinski definition) is 3. The van der Waals surface area contributed by atoms with Crippen molar-refractivity contribution in [1.29, 1.82) is 0 Å². The van der Waals surface area contributed by atoms with E-state index in [1.54, 1.807) is 0 Å². The smallest absolute Gasteiger partial charge is 0.137 e. The third-order valence-corrected chi connectivity index (χ3v) is 4.41. The van der Waals surface area contributed by atoms with E-state index in [2.05, 4.69) is 65.2 Å². The summed E-state index contributed by atoms with van der Waals surface area (Å²) in [5.41, 5.74) is 2.53. The first-order valence-electron chi connectivity index (χ1n) is 7.79. The van der Waals surface area contributed by atoms with Gasteiger partial charge in [-0.15, -0.1) is 0 Å². The molecule has 2 heterocycles. The normalized spacial score (nSPS) is 18.9. The Morgan fingerprint density at radius 2 is 2.00 bits per heavy atom. The van der Waals surface area contributed by atoms with Gasteiger partial charge in [0.2, 0.25) is 0 Å². The van der Waals surface area contributed by atoms with Crippen LogP contribution in [-0.4, -0.2) is 30.0 Å². The number of anilines is 2. The number of hydrogen-bond donors (Lipinski definition) is 0. The summed E-state index contributed by atoms with van der Waals surface area (Å²) in [4.78, 5) is 9.42. The first-order valence-corrected chi connectivity index (χ1v) is 7.79. The largest absolute Gasteiger partial charge is 0.329 e. The Morgan fingerprint density at radius 1 is 1.19 bits per heavy atom. The van der Waals surface area contributed by atoms with Gasteiger partial charge < -0.3 is 4.90 Å². The van der Waals surface area contributed by atoms with Crippen LogP contribution in [0, 0.1) is 0 Å². The number of para-hydroxylation sites is 1. The first kappa shape index (κ1) is 14.1. The second-order valence-corrected chi connectivity index (χ2v) is 5.60. The summed E-state index contributed by atoms with van der Waals surface area (Å²) in [5.74, 6) is 1.08. The van der Waals surface area contributed by atoms with E-state index in [0.29, 0.717) is 6.04 Å². The van der Waals surface area contributed by atoms with Gasteiger partial charge in [0.25, 0.3) is 0 Å². The third kappa shape index (κ3) is 2.79. The zero-order valence-electron chi connectivity index (χ0n) is 12.9. The number of benzene rings is 1. The summed E-state index contributed by atoms with van der Waals surface area (Å²) in [6.45, 7) is 4.55. The molecule has 1 fully saturated rings. The molecule has 1 saturated heterocycles. The standard InChI is InChI=1S/C18H23N3/c1-3-21-14-8-12-17(21)16-11-7-13-19-18(16)20(2)15-9-5-4-6-10-15/h4-7,9-11,13,17H,3,8,12,14H2,1-2H3/t17-/m1/s1. The Kier molecular flexibility index (Phi) is 4.20. The highest BCUT2D eigenvalue weighted by molar-refractivity contribution is 5.62. The monoisotopic (exact) mass is 281 g/mol. The predicted octanol–water partition coefficient (Wildman–Crippen LogP) is 4.01. The Labute approximate surface area is 127 Å². The molecule has 0 spiro atoms. The molecule has 2 aromatic rings. The summed E-state index contributed by atoms with van der Waals surface area (Å²) in [5, 5.41) is 0. The van der Waals surface area contributed by atoms with Crippen molar-refractivity contribution in [2.75, 3.05) is 25.0 Å². The summed E-state index contributed by atoms with van der Waals surface area (Å²) in [6, 6.07) is 15.3. The number of nitrogens with zero attached hydrogens (tertiary/aromatic N) is 3. The lowest BCUT2D eigenvalue weighted by molar-refractivity contribution is 0.271. The van der Waals surface area contributed by atoms with E-state index < -0.39 is 0 Å². The number of pyridine rings is 1. The quantitative estimate of drug-likeness (QED) is 0.844. The SMILES string of the molecule is CCN1CCC[C@@H]1c1cccnc1N(C)c1ccccc1. The summed E-state index contributed by atoms with van der Waals surface area (Å²) in [7, 11) is 2.10. The maximum atomic E-state index is 4.67. The zero-order chi connectivity index (χ0) is 14.7. The fraction of sp³-hybridized carbons (Fsp3) is 0.389. The van der Waals surface area contributed by atoms with Gasteiger partial charge in [-0.05, 0) is 44.1 Å². The van der Waals surface area contributed by atoms with E-state index in [9.17, 15) is 0 Å². The lowest BCUT2D eigenvalue weighted by Crippen LogP contribution is -2.25. The second kappa shape index (κ2) is 6.27. The number of rotatable bonds is 4. The van der Waals surface area contributed by atoms with E-state index in [1.807, 2.05) is 12.3 Å². The molecule has 0 radical (unpaired) electrons. The van der Waals surface area contributed by atoms with Gasteiger partial charge in [0, 0.05) is 30.5 Å². The first-order chi connectivity index (χ1) is 10.3. The Bertz CT molecular complexity index is 582. The molecule has 1 aromatic carbocycles. The maximum absolute atomic E-state index is 4.67. The van der Waals surface area contributed by atoms with Crippen LogP contribution in [0.3, 0.4) is 0 Å². The minimum atomic E-state index is 0.505. The van der Waals surface area contributed by atoms with E-state index in [4.69, 9.17) is 0 Å². The molecule has 21 heavy (non-hydrogen) atoms. The molecule has 3 nitrogen and oxygen atoms in total. The van der Waals surface area contributed by atoms with Crippen LogP contribution in [-0.2, 0) is 0 Å². The molecule has 3 rings (SSSR count). The van der Waals surface area contributed by atoms with Crippen molar-refractivity contribution in [2.24, 2.45) is 0 Å². The lowest BCUT2D eigenvalue weighted by atomic mass is 10.0. The Morgan fingerprint density at radius 3 is 2.76 bits per heavy atom. The van der Waals surface area contributed by atoms with Gasteiger partial charge in [-0.3, -0.25) is 4.90 Å². The molecule has 110 valence electrons. The molecule has 0 bridgehead atoms. The van der Waals surface area contributed by atoms with Crippen molar-refractivity contribution in [3.05, 3.63) is 54.2 Å². The molecule has 0 saturated carbocycles. The average Bonchev–Trinajstić information content (AvgIpc) is 3.03. The maximum Gasteiger partial charge on any atom is 0.137 e. The van der Waals surface area contributed by atoms with Gasteiger partial charge in [0.05, 0.1) is 0 Å². The van der Waals surface area contributed by atoms with Crippen molar-refractivity contribution in [1.82, 2.24) is 9.88 Å². The summed E-state index contributed by atoms with van der Waals surface area (Å²) in [6.07, 6.45) is 4.40. The lowest BCUT2D eigenvalue weighted by Gasteiger charge is -2.28. The van der Waals surface area contributed by atoms with Crippen LogP contribution in [0.1, 0.15) is 31.4 Å². The summed E-state index contributed by atoms with van der Waals surface area (Å²) >= 11 is 0. The molecule has 3 heteroatoms. The van der Waals surface area contributed by atoms with Crippen LogP contribution < -0.4 is 4.90 Å². The highest BCUT2D eigenvalue weighted by atomic mass is 15.2.